The van der Waals surface area contributed by atoms with E-state index in [4.69, 9.17) is 16.3 Å². The van der Waals surface area contributed by atoms with Gasteiger partial charge < -0.3 is 19.9 Å². The predicted molar refractivity (Wildman–Crippen MR) is 105 cm³/mol. The van der Waals surface area contributed by atoms with Crippen LogP contribution in [0.15, 0.2) is 24.3 Å². The summed E-state index contributed by atoms with van der Waals surface area (Å²) >= 11 is 6.08. The van der Waals surface area contributed by atoms with Crippen molar-refractivity contribution in [1.82, 2.24) is 15.1 Å². The lowest BCUT2D eigenvalue weighted by Gasteiger charge is -2.28. The molecule has 1 atom stereocenters. The van der Waals surface area contributed by atoms with Gasteiger partial charge >= 0.3 is 6.03 Å². The number of carbonyl (C=O) groups is 1. The lowest BCUT2D eigenvalue weighted by atomic mass is 9.99. The van der Waals surface area contributed by atoms with Gasteiger partial charge in [-0.25, -0.2) is 4.79 Å². The third-order valence-electron chi connectivity index (χ3n) is 5.41. The number of rotatable bonds is 6. The zero-order valence-corrected chi connectivity index (χ0v) is 16.4. The molecule has 144 valence electrons. The van der Waals surface area contributed by atoms with Gasteiger partial charge in [0.1, 0.15) is 0 Å². The molecule has 1 aromatic rings. The van der Waals surface area contributed by atoms with Gasteiger partial charge in [0.25, 0.3) is 0 Å². The molecular weight excluding hydrogens is 350 g/mol. The Morgan fingerprint density at radius 3 is 2.85 bits per heavy atom. The van der Waals surface area contributed by atoms with Crippen molar-refractivity contribution in [2.24, 2.45) is 0 Å². The number of benzene rings is 1. The van der Waals surface area contributed by atoms with E-state index in [2.05, 4.69) is 23.3 Å². The zero-order chi connectivity index (χ0) is 18.4. The average Bonchev–Trinajstić information content (AvgIpc) is 3.13. The summed E-state index contributed by atoms with van der Waals surface area (Å²) in [7, 11) is 2.15. The Kier molecular flexibility index (Phi) is 7.17. The van der Waals surface area contributed by atoms with Gasteiger partial charge in [0.2, 0.25) is 0 Å². The molecule has 1 unspecified atom stereocenters. The summed E-state index contributed by atoms with van der Waals surface area (Å²) in [5.41, 5.74) is 1.22. The molecule has 2 amide bonds. The quantitative estimate of drug-likeness (QED) is 0.771. The number of likely N-dealkylation sites (tertiary alicyclic amines) is 2. The SMILES string of the molecule is CN1CCC(OCCCNC(=O)N2CCC(c3cccc(Cl)c3)C2)CC1. The van der Waals surface area contributed by atoms with E-state index in [1.807, 2.05) is 23.1 Å². The van der Waals surface area contributed by atoms with Crippen LogP contribution in [0.3, 0.4) is 0 Å². The van der Waals surface area contributed by atoms with Gasteiger partial charge in [0.15, 0.2) is 0 Å². The monoisotopic (exact) mass is 379 g/mol. The zero-order valence-electron chi connectivity index (χ0n) is 15.6. The van der Waals surface area contributed by atoms with Crippen molar-refractivity contribution in [2.45, 2.75) is 37.7 Å². The second kappa shape index (κ2) is 9.58. The number of hydrogen-bond acceptors (Lipinski definition) is 3. The maximum absolute atomic E-state index is 12.3. The normalized spacial score (nSPS) is 21.9. The smallest absolute Gasteiger partial charge is 0.317 e. The van der Waals surface area contributed by atoms with Gasteiger partial charge in [-0.15, -0.1) is 0 Å². The molecule has 1 aromatic carbocycles. The van der Waals surface area contributed by atoms with Crippen LogP contribution in [-0.2, 0) is 4.74 Å². The van der Waals surface area contributed by atoms with Crippen LogP contribution in [0.4, 0.5) is 4.79 Å². The van der Waals surface area contributed by atoms with Crippen LogP contribution >= 0.6 is 11.6 Å². The third-order valence-corrected chi connectivity index (χ3v) is 5.65. The van der Waals surface area contributed by atoms with Crippen molar-refractivity contribution in [1.29, 1.82) is 0 Å². The Morgan fingerprint density at radius 2 is 2.08 bits per heavy atom. The van der Waals surface area contributed by atoms with Gasteiger partial charge in [-0.2, -0.15) is 0 Å². The van der Waals surface area contributed by atoms with Crippen LogP contribution in [0, 0.1) is 0 Å². The van der Waals surface area contributed by atoms with Crippen molar-refractivity contribution in [3.8, 4) is 0 Å². The average molecular weight is 380 g/mol. The first-order valence-corrected chi connectivity index (χ1v) is 10.1. The lowest BCUT2D eigenvalue weighted by Crippen LogP contribution is -2.39. The molecule has 1 N–H and O–H groups in total. The molecule has 2 saturated heterocycles. The lowest BCUT2D eigenvalue weighted by molar-refractivity contribution is 0.0118. The minimum Gasteiger partial charge on any atom is -0.378 e. The molecule has 2 aliphatic heterocycles. The van der Waals surface area contributed by atoms with Crippen molar-refractivity contribution < 1.29 is 9.53 Å². The Morgan fingerprint density at radius 1 is 1.27 bits per heavy atom. The highest BCUT2D eigenvalue weighted by atomic mass is 35.5. The first-order valence-electron chi connectivity index (χ1n) is 9.70. The van der Waals surface area contributed by atoms with Crippen molar-refractivity contribution in [3.05, 3.63) is 34.9 Å². The Hall–Kier alpha value is -1.30. The maximum Gasteiger partial charge on any atom is 0.317 e. The number of nitrogens with one attached hydrogen (secondary N) is 1. The second-order valence-corrected chi connectivity index (χ2v) is 7.88. The Balaban J connectivity index is 1.30. The number of ether oxygens (including phenoxy) is 1. The van der Waals surface area contributed by atoms with Crippen molar-refractivity contribution in [2.75, 3.05) is 46.4 Å². The van der Waals surface area contributed by atoms with E-state index in [0.717, 1.165) is 63.5 Å². The highest BCUT2D eigenvalue weighted by molar-refractivity contribution is 6.30. The molecule has 2 heterocycles. The number of hydrogen-bond donors (Lipinski definition) is 1. The molecule has 3 rings (SSSR count). The number of nitrogens with zero attached hydrogens (tertiary/aromatic N) is 2. The van der Waals surface area contributed by atoms with Gasteiger partial charge in [-0.1, -0.05) is 23.7 Å². The molecule has 5 nitrogen and oxygen atoms in total. The molecule has 2 fully saturated rings. The summed E-state index contributed by atoms with van der Waals surface area (Å²) in [6.07, 6.45) is 4.47. The van der Waals surface area contributed by atoms with Crippen LogP contribution < -0.4 is 5.32 Å². The number of piperidine rings is 1. The largest absolute Gasteiger partial charge is 0.378 e. The highest BCUT2D eigenvalue weighted by Crippen LogP contribution is 2.28. The van der Waals surface area contributed by atoms with E-state index in [1.54, 1.807) is 0 Å². The summed E-state index contributed by atoms with van der Waals surface area (Å²) in [5, 5.41) is 3.78. The van der Waals surface area contributed by atoms with Crippen LogP contribution in [0.5, 0.6) is 0 Å². The molecule has 0 saturated carbocycles. The standard InChI is InChI=1S/C20H30ClN3O2/c1-23-10-7-19(8-11-23)26-13-3-9-22-20(25)24-12-6-17(15-24)16-4-2-5-18(21)14-16/h2,4-5,14,17,19H,3,6-13,15H2,1H3,(H,22,25). The molecule has 0 aromatic heterocycles. The second-order valence-electron chi connectivity index (χ2n) is 7.45. The van der Waals surface area contributed by atoms with Crippen LogP contribution in [-0.4, -0.2) is 68.3 Å². The van der Waals surface area contributed by atoms with E-state index >= 15 is 0 Å². The van der Waals surface area contributed by atoms with E-state index in [-0.39, 0.29) is 6.03 Å². The molecule has 0 aliphatic carbocycles. The first-order chi connectivity index (χ1) is 12.6. The number of urea groups is 1. The highest BCUT2D eigenvalue weighted by Gasteiger charge is 2.27. The Labute approximate surface area is 161 Å². The van der Waals surface area contributed by atoms with Gasteiger partial charge in [0.05, 0.1) is 6.10 Å². The van der Waals surface area contributed by atoms with Crippen LogP contribution in [0.2, 0.25) is 5.02 Å². The van der Waals surface area contributed by atoms with E-state index < -0.39 is 0 Å². The van der Waals surface area contributed by atoms with Crippen molar-refractivity contribution >= 4 is 17.6 Å². The Bertz CT molecular complexity index is 590. The van der Waals surface area contributed by atoms with Crippen LogP contribution in [0.25, 0.3) is 0 Å². The molecule has 0 spiro atoms. The summed E-state index contributed by atoms with van der Waals surface area (Å²) < 4.78 is 5.92. The fourth-order valence-corrected chi connectivity index (χ4v) is 3.96. The summed E-state index contributed by atoms with van der Waals surface area (Å²) in [6.45, 7) is 5.19. The molecule has 0 radical (unpaired) electrons. The van der Waals surface area contributed by atoms with Gasteiger partial charge in [0, 0.05) is 50.3 Å². The molecular formula is C20H30ClN3O2. The van der Waals surface area contributed by atoms with Gasteiger partial charge in [-0.05, 0) is 50.4 Å². The molecule has 26 heavy (non-hydrogen) atoms. The summed E-state index contributed by atoms with van der Waals surface area (Å²) in [5.74, 6) is 0.382. The third kappa shape index (κ3) is 5.60. The minimum atomic E-state index is 0.0359. The maximum atomic E-state index is 12.3. The van der Waals surface area contributed by atoms with E-state index in [0.29, 0.717) is 18.6 Å². The molecule has 6 heteroatoms. The molecule has 2 aliphatic rings. The topological polar surface area (TPSA) is 44.8 Å². The van der Waals surface area contributed by atoms with E-state index in [9.17, 15) is 4.79 Å². The minimum absolute atomic E-state index is 0.0359. The number of carbonyl (C=O) groups excluding carboxylic acids is 1. The summed E-state index contributed by atoms with van der Waals surface area (Å²) in [4.78, 5) is 16.6. The fourth-order valence-electron chi connectivity index (χ4n) is 3.76. The molecule has 0 bridgehead atoms. The fraction of sp³-hybridized carbons (Fsp3) is 0.650. The van der Waals surface area contributed by atoms with Crippen LogP contribution in [0.1, 0.15) is 37.2 Å². The number of halogens is 1. The predicted octanol–water partition coefficient (Wildman–Crippen LogP) is 3.34. The first kappa shape index (κ1) is 19.5. The van der Waals surface area contributed by atoms with Crippen molar-refractivity contribution in [3.63, 3.8) is 0 Å². The number of amides is 2. The van der Waals surface area contributed by atoms with E-state index in [1.165, 1.54) is 5.56 Å². The van der Waals surface area contributed by atoms with Gasteiger partial charge in [-0.3, -0.25) is 0 Å². The summed E-state index contributed by atoms with van der Waals surface area (Å²) in [6, 6.07) is 8.00.